The van der Waals surface area contributed by atoms with Gasteiger partial charge in [0.25, 0.3) is 5.91 Å². The first kappa shape index (κ1) is 26.3. The van der Waals surface area contributed by atoms with Gasteiger partial charge < -0.3 is 19.1 Å². The molecule has 0 radical (unpaired) electrons. The number of benzene rings is 2. The number of nitrogens with zero attached hydrogens (tertiary/aromatic N) is 3. The topological polar surface area (TPSA) is 90.3 Å². The Hall–Kier alpha value is -3.90. The van der Waals surface area contributed by atoms with Crippen LogP contribution >= 0.6 is 11.8 Å². The zero-order valence-electron chi connectivity index (χ0n) is 21.6. The third-order valence-corrected chi connectivity index (χ3v) is 8.26. The summed E-state index contributed by atoms with van der Waals surface area (Å²) in [7, 11) is 0. The molecule has 1 fully saturated rings. The fraction of sp³-hybridized carbons (Fsp3) is 0.321. The quantitative estimate of drug-likeness (QED) is 0.348. The van der Waals surface area contributed by atoms with Crippen LogP contribution in [0, 0.1) is 11.6 Å². The Balaban J connectivity index is 1.61. The first-order valence-electron chi connectivity index (χ1n) is 12.7. The molecule has 0 bridgehead atoms. The van der Waals surface area contributed by atoms with Crippen LogP contribution in [0.15, 0.2) is 58.4 Å². The molecule has 3 aromatic rings. The van der Waals surface area contributed by atoms with Gasteiger partial charge in [-0.3, -0.25) is 24.1 Å². The van der Waals surface area contributed by atoms with Crippen LogP contribution in [0.4, 0.5) is 8.78 Å². The van der Waals surface area contributed by atoms with Crippen molar-refractivity contribution in [1.29, 1.82) is 0 Å². The molecule has 40 heavy (non-hydrogen) atoms. The van der Waals surface area contributed by atoms with Gasteiger partial charge in [-0.2, -0.15) is 0 Å². The molecule has 1 saturated heterocycles. The van der Waals surface area contributed by atoms with Gasteiger partial charge >= 0.3 is 5.97 Å². The van der Waals surface area contributed by atoms with E-state index in [9.17, 15) is 18.8 Å². The molecule has 6 rings (SSSR count). The molecule has 3 aliphatic heterocycles. The molecule has 0 saturated carbocycles. The van der Waals surface area contributed by atoms with E-state index in [-0.39, 0.29) is 42.5 Å². The summed E-state index contributed by atoms with van der Waals surface area (Å²) >= 11 is 1.40. The van der Waals surface area contributed by atoms with Crippen LogP contribution in [-0.4, -0.2) is 53.7 Å². The average Bonchev–Trinajstić information content (AvgIpc) is 3.09. The molecule has 1 amide bonds. The molecule has 3 atom stereocenters. The first-order valence-corrected chi connectivity index (χ1v) is 13.7. The second-order valence-corrected chi connectivity index (χ2v) is 10.6. The SMILES string of the molecule is CC(=O)O[C@@H](C)Oc1c2n(ccc1=O)N([C@@H]1c3ccccc3SCc3c1ccc(F)c3F)[C@@H]1COCCN1C2=O. The fourth-order valence-electron chi connectivity index (χ4n) is 5.51. The number of thioether (sulfide) groups is 1. The van der Waals surface area contributed by atoms with E-state index in [0.29, 0.717) is 5.56 Å². The van der Waals surface area contributed by atoms with Crippen molar-refractivity contribution in [2.45, 2.75) is 43.0 Å². The number of rotatable bonds is 4. The Morgan fingerprint density at radius 1 is 1.12 bits per heavy atom. The number of carbonyl (C=O) groups excluding carboxylic acids is 2. The fourth-order valence-corrected chi connectivity index (χ4v) is 6.62. The van der Waals surface area contributed by atoms with E-state index in [0.717, 1.165) is 16.5 Å². The molecule has 12 heteroatoms. The number of pyridine rings is 1. The van der Waals surface area contributed by atoms with Crippen molar-refractivity contribution < 1.29 is 32.6 Å². The van der Waals surface area contributed by atoms with Gasteiger partial charge in [0.1, 0.15) is 6.17 Å². The molecule has 2 aromatic carbocycles. The van der Waals surface area contributed by atoms with Crippen LogP contribution in [0.5, 0.6) is 5.75 Å². The molecule has 9 nitrogen and oxygen atoms in total. The average molecular weight is 570 g/mol. The predicted molar refractivity (Wildman–Crippen MR) is 141 cm³/mol. The number of carbonyl (C=O) groups is 2. The third-order valence-electron chi connectivity index (χ3n) is 7.15. The molecule has 0 unspecified atom stereocenters. The molecule has 4 heterocycles. The minimum atomic E-state index is -1.14. The van der Waals surface area contributed by atoms with Gasteiger partial charge in [-0.15, -0.1) is 11.8 Å². The van der Waals surface area contributed by atoms with E-state index in [1.807, 2.05) is 29.3 Å². The lowest BCUT2D eigenvalue weighted by molar-refractivity contribution is -0.158. The van der Waals surface area contributed by atoms with Crippen LogP contribution < -0.4 is 15.2 Å². The van der Waals surface area contributed by atoms with Gasteiger partial charge in [0.2, 0.25) is 17.5 Å². The van der Waals surface area contributed by atoms with Crippen molar-refractivity contribution in [2.24, 2.45) is 0 Å². The van der Waals surface area contributed by atoms with Crippen LogP contribution in [0.2, 0.25) is 0 Å². The Morgan fingerprint density at radius 2 is 1.93 bits per heavy atom. The lowest BCUT2D eigenvalue weighted by atomic mass is 9.93. The van der Waals surface area contributed by atoms with Crippen LogP contribution in [0.1, 0.15) is 47.1 Å². The highest BCUT2D eigenvalue weighted by molar-refractivity contribution is 7.98. The molecular formula is C28H25F2N3O6S. The first-order chi connectivity index (χ1) is 19.3. The summed E-state index contributed by atoms with van der Waals surface area (Å²) in [5.74, 6) is -3.02. The highest BCUT2D eigenvalue weighted by atomic mass is 32.2. The Kier molecular flexibility index (Phi) is 6.75. The molecule has 0 N–H and O–H groups in total. The van der Waals surface area contributed by atoms with Gasteiger partial charge in [-0.05, 0) is 23.3 Å². The number of esters is 1. The van der Waals surface area contributed by atoms with E-state index in [1.54, 1.807) is 11.0 Å². The van der Waals surface area contributed by atoms with Crippen molar-refractivity contribution in [3.05, 3.63) is 92.9 Å². The summed E-state index contributed by atoms with van der Waals surface area (Å²) in [5.41, 5.74) is 0.918. The predicted octanol–water partition coefficient (Wildman–Crippen LogP) is 3.56. The van der Waals surface area contributed by atoms with E-state index < -0.39 is 47.4 Å². The van der Waals surface area contributed by atoms with Crippen LogP contribution in [0.3, 0.4) is 0 Å². The molecule has 0 aliphatic carbocycles. The van der Waals surface area contributed by atoms with Crippen molar-refractivity contribution in [2.75, 3.05) is 24.8 Å². The van der Waals surface area contributed by atoms with Crippen molar-refractivity contribution in [1.82, 2.24) is 9.58 Å². The van der Waals surface area contributed by atoms with Gasteiger partial charge in [-0.25, -0.2) is 8.78 Å². The molecule has 208 valence electrons. The number of aromatic nitrogens is 1. The number of hydrogen-bond acceptors (Lipinski definition) is 8. The van der Waals surface area contributed by atoms with E-state index >= 15 is 4.39 Å². The summed E-state index contributed by atoms with van der Waals surface area (Å²) in [6.45, 7) is 3.30. The maximum atomic E-state index is 15.3. The lowest BCUT2D eigenvalue weighted by Crippen LogP contribution is -2.66. The van der Waals surface area contributed by atoms with Crippen LogP contribution in [-0.2, 0) is 20.0 Å². The highest BCUT2D eigenvalue weighted by Crippen LogP contribution is 2.45. The summed E-state index contributed by atoms with van der Waals surface area (Å²) < 4.78 is 47.9. The number of fused-ring (bicyclic) bond motifs is 4. The van der Waals surface area contributed by atoms with Gasteiger partial charge in [0, 0.05) is 48.9 Å². The minimum Gasteiger partial charge on any atom is -0.448 e. The number of morpholine rings is 1. The summed E-state index contributed by atoms with van der Waals surface area (Å²) in [4.78, 5) is 40.9. The number of amides is 1. The second-order valence-electron chi connectivity index (χ2n) is 9.59. The Labute approximate surface area is 232 Å². The smallest absolute Gasteiger partial charge is 0.305 e. The molecule has 1 aromatic heterocycles. The van der Waals surface area contributed by atoms with Crippen molar-refractivity contribution >= 4 is 23.6 Å². The number of halogens is 2. The van der Waals surface area contributed by atoms with Gasteiger partial charge in [0.05, 0.1) is 19.3 Å². The Bertz CT molecular complexity index is 1580. The Morgan fingerprint density at radius 3 is 2.73 bits per heavy atom. The maximum Gasteiger partial charge on any atom is 0.305 e. The van der Waals surface area contributed by atoms with Crippen molar-refractivity contribution in [3.8, 4) is 5.75 Å². The largest absolute Gasteiger partial charge is 0.448 e. The van der Waals surface area contributed by atoms with Gasteiger partial charge in [0.15, 0.2) is 17.3 Å². The number of ether oxygens (including phenoxy) is 3. The second kappa shape index (κ2) is 10.3. The van der Waals surface area contributed by atoms with E-state index in [1.165, 1.54) is 42.5 Å². The number of hydrogen-bond donors (Lipinski definition) is 0. The minimum absolute atomic E-state index is 0.0665. The monoisotopic (exact) mass is 569 g/mol. The van der Waals surface area contributed by atoms with E-state index in [4.69, 9.17) is 14.2 Å². The zero-order chi connectivity index (χ0) is 28.1. The molecule has 0 spiro atoms. The van der Waals surface area contributed by atoms with E-state index in [2.05, 4.69) is 0 Å². The summed E-state index contributed by atoms with van der Waals surface area (Å²) in [5, 5.41) is 1.85. The molecule has 3 aliphatic rings. The summed E-state index contributed by atoms with van der Waals surface area (Å²) in [6.07, 6.45) is -0.323. The molecular weight excluding hydrogens is 544 g/mol. The maximum absolute atomic E-state index is 15.3. The third kappa shape index (κ3) is 4.31. The van der Waals surface area contributed by atoms with Gasteiger partial charge in [-0.1, -0.05) is 24.3 Å². The normalized spacial score (nSPS) is 20.4. The highest BCUT2D eigenvalue weighted by Gasteiger charge is 2.46. The zero-order valence-corrected chi connectivity index (χ0v) is 22.5. The van der Waals surface area contributed by atoms with Crippen LogP contribution in [0.25, 0.3) is 0 Å². The lowest BCUT2D eigenvalue weighted by Gasteiger charge is -2.51. The summed E-state index contributed by atoms with van der Waals surface area (Å²) in [6, 6.07) is 10.8. The van der Waals surface area contributed by atoms with Crippen molar-refractivity contribution in [3.63, 3.8) is 0 Å². The standard InChI is InChI=1S/C28H25F2N3O6S/c1-15(34)38-16(2)39-27-21(35)9-10-32-26(27)28(36)31-11-12-37-13-23(31)33(32)25-17-7-8-20(29)24(30)19(17)14-40-22-6-4-3-5-18(22)25/h3-10,16,23,25H,11-14H2,1-2H3/t16-,23-,25+/m1/s1.